The summed E-state index contributed by atoms with van der Waals surface area (Å²) in [6.07, 6.45) is 0.429. The molecular weight excluding hydrogens is 292 g/mol. The Bertz CT molecular complexity index is 468. The number of rotatable bonds is 2. The van der Waals surface area contributed by atoms with E-state index in [9.17, 15) is 13.6 Å². The number of hydrogen-bond acceptors (Lipinski definition) is 1. The molecule has 0 saturated heterocycles. The lowest BCUT2D eigenvalue weighted by Crippen LogP contribution is -2.20. The molecule has 2 nitrogen and oxygen atoms in total. The SMILES string of the molecule is CC(=O)NCCC#Cc1cc(F)c(Br)c(F)c1. The van der Waals surface area contributed by atoms with Gasteiger partial charge in [0, 0.05) is 25.5 Å². The summed E-state index contributed by atoms with van der Waals surface area (Å²) in [6.45, 7) is 1.83. The van der Waals surface area contributed by atoms with Crippen LogP contribution in [0.1, 0.15) is 18.9 Å². The highest BCUT2D eigenvalue weighted by Gasteiger charge is 2.06. The average Bonchev–Trinajstić information content (AvgIpc) is 2.25. The fourth-order valence-corrected chi connectivity index (χ4v) is 1.32. The van der Waals surface area contributed by atoms with Gasteiger partial charge in [-0.05, 0) is 28.1 Å². The van der Waals surface area contributed by atoms with Crippen LogP contribution in [0, 0.1) is 23.5 Å². The molecule has 0 bridgehead atoms. The monoisotopic (exact) mass is 301 g/mol. The van der Waals surface area contributed by atoms with E-state index < -0.39 is 11.6 Å². The zero-order valence-corrected chi connectivity index (χ0v) is 10.7. The molecule has 1 aromatic carbocycles. The topological polar surface area (TPSA) is 29.1 Å². The van der Waals surface area contributed by atoms with Gasteiger partial charge >= 0.3 is 0 Å². The van der Waals surface area contributed by atoms with E-state index in [0.29, 0.717) is 13.0 Å². The van der Waals surface area contributed by atoms with Crippen LogP contribution in [0.15, 0.2) is 16.6 Å². The van der Waals surface area contributed by atoms with Crippen LogP contribution in [0.2, 0.25) is 0 Å². The van der Waals surface area contributed by atoms with E-state index >= 15 is 0 Å². The number of halogens is 3. The van der Waals surface area contributed by atoms with Gasteiger partial charge in [0.1, 0.15) is 11.6 Å². The molecule has 17 heavy (non-hydrogen) atoms. The molecule has 90 valence electrons. The van der Waals surface area contributed by atoms with Crippen molar-refractivity contribution in [2.45, 2.75) is 13.3 Å². The molecule has 0 spiro atoms. The molecule has 1 rings (SSSR count). The maximum Gasteiger partial charge on any atom is 0.216 e. The highest BCUT2D eigenvalue weighted by atomic mass is 79.9. The van der Waals surface area contributed by atoms with Crippen LogP contribution >= 0.6 is 15.9 Å². The molecule has 0 aromatic heterocycles. The molecule has 0 aliphatic carbocycles. The van der Waals surface area contributed by atoms with Gasteiger partial charge in [-0.2, -0.15) is 0 Å². The van der Waals surface area contributed by atoms with Crippen molar-refractivity contribution in [3.63, 3.8) is 0 Å². The smallest absolute Gasteiger partial charge is 0.216 e. The Morgan fingerprint density at radius 1 is 1.41 bits per heavy atom. The molecule has 1 amide bonds. The molecule has 0 aliphatic heterocycles. The van der Waals surface area contributed by atoms with Gasteiger partial charge < -0.3 is 5.32 Å². The third kappa shape index (κ3) is 4.53. The van der Waals surface area contributed by atoms with Gasteiger partial charge in [-0.3, -0.25) is 4.79 Å². The predicted octanol–water partition coefficient (Wildman–Crippen LogP) is 2.61. The van der Waals surface area contributed by atoms with Crippen molar-refractivity contribution >= 4 is 21.8 Å². The molecule has 0 heterocycles. The van der Waals surface area contributed by atoms with E-state index in [4.69, 9.17) is 0 Å². The second-order valence-corrected chi connectivity index (χ2v) is 4.08. The van der Waals surface area contributed by atoms with Gasteiger partial charge in [-0.25, -0.2) is 8.78 Å². The van der Waals surface area contributed by atoms with Crippen LogP contribution in [-0.2, 0) is 4.79 Å². The van der Waals surface area contributed by atoms with Crippen LogP contribution < -0.4 is 5.32 Å². The van der Waals surface area contributed by atoms with Crippen LogP contribution in [-0.4, -0.2) is 12.5 Å². The molecule has 0 radical (unpaired) electrons. The summed E-state index contributed by atoms with van der Waals surface area (Å²) >= 11 is 2.78. The number of hydrogen-bond donors (Lipinski definition) is 1. The number of carbonyl (C=O) groups is 1. The normalized spacial score (nSPS) is 9.41. The molecule has 0 aliphatic rings. The van der Waals surface area contributed by atoms with Crippen molar-refractivity contribution in [2.75, 3.05) is 6.54 Å². The minimum atomic E-state index is -0.684. The van der Waals surface area contributed by atoms with Crippen molar-refractivity contribution in [2.24, 2.45) is 0 Å². The highest BCUT2D eigenvalue weighted by molar-refractivity contribution is 9.10. The third-order valence-electron chi connectivity index (χ3n) is 1.84. The maximum atomic E-state index is 13.1. The average molecular weight is 302 g/mol. The largest absolute Gasteiger partial charge is 0.355 e. The van der Waals surface area contributed by atoms with Gasteiger partial charge in [0.25, 0.3) is 0 Å². The zero-order valence-electron chi connectivity index (χ0n) is 9.11. The molecule has 0 fully saturated rings. The van der Waals surface area contributed by atoms with Crippen LogP contribution in [0.25, 0.3) is 0 Å². The van der Waals surface area contributed by atoms with Crippen molar-refractivity contribution in [3.05, 3.63) is 33.8 Å². The Labute approximate surface area is 107 Å². The molecule has 1 N–H and O–H groups in total. The Morgan fingerprint density at radius 3 is 2.53 bits per heavy atom. The van der Waals surface area contributed by atoms with Gasteiger partial charge in [0.05, 0.1) is 4.47 Å². The lowest BCUT2D eigenvalue weighted by Gasteiger charge is -1.98. The molecular formula is C12H10BrF2NO. The molecule has 0 saturated carbocycles. The van der Waals surface area contributed by atoms with Crippen LogP contribution in [0.3, 0.4) is 0 Å². The number of amides is 1. The van der Waals surface area contributed by atoms with Crippen LogP contribution in [0.5, 0.6) is 0 Å². The quantitative estimate of drug-likeness (QED) is 0.508. The van der Waals surface area contributed by atoms with Crippen molar-refractivity contribution in [1.29, 1.82) is 0 Å². The van der Waals surface area contributed by atoms with Gasteiger partial charge in [0.2, 0.25) is 5.91 Å². The minimum absolute atomic E-state index is 0.132. The summed E-state index contributed by atoms with van der Waals surface area (Å²) in [6, 6.07) is 2.30. The maximum absolute atomic E-state index is 13.1. The number of nitrogens with one attached hydrogen (secondary N) is 1. The van der Waals surface area contributed by atoms with Crippen molar-refractivity contribution in [3.8, 4) is 11.8 Å². The third-order valence-corrected chi connectivity index (χ3v) is 2.60. The fraction of sp³-hybridized carbons (Fsp3) is 0.250. The first-order valence-electron chi connectivity index (χ1n) is 4.88. The Morgan fingerprint density at radius 2 is 2.00 bits per heavy atom. The molecule has 0 unspecified atom stereocenters. The first-order valence-corrected chi connectivity index (χ1v) is 5.68. The summed E-state index contributed by atoms with van der Waals surface area (Å²) in [5.74, 6) is 3.84. The minimum Gasteiger partial charge on any atom is -0.355 e. The van der Waals surface area contributed by atoms with Gasteiger partial charge in [-0.15, -0.1) is 0 Å². The second kappa shape index (κ2) is 6.36. The standard InChI is InChI=1S/C12H10BrF2NO/c1-8(17)16-5-3-2-4-9-6-10(14)12(13)11(15)7-9/h6-7H,3,5H2,1H3,(H,16,17). The van der Waals surface area contributed by atoms with Crippen molar-refractivity contribution < 1.29 is 13.6 Å². The lowest BCUT2D eigenvalue weighted by molar-refractivity contribution is -0.118. The molecule has 5 heteroatoms. The molecule has 0 atom stereocenters. The first kappa shape index (κ1) is 13.7. The Balaban J connectivity index is 2.63. The van der Waals surface area contributed by atoms with E-state index in [1.54, 1.807) is 0 Å². The van der Waals surface area contributed by atoms with Crippen molar-refractivity contribution in [1.82, 2.24) is 5.32 Å². The van der Waals surface area contributed by atoms with Crippen LogP contribution in [0.4, 0.5) is 8.78 Å². The zero-order chi connectivity index (χ0) is 12.8. The van der Waals surface area contributed by atoms with E-state index in [0.717, 1.165) is 12.1 Å². The second-order valence-electron chi connectivity index (χ2n) is 3.29. The summed E-state index contributed by atoms with van der Waals surface area (Å²) < 4.78 is 26.0. The first-order chi connectivity index (χ1) is 8.00. The Kier molecular flexibility index (Phi) is 5.11. The predicted molar refractivity (Wildman–Crippen MR) is 64.2 cm³/mol. The van der Waals surface area contributed by atoms with E-state index in [2.05, 4.69) is 33.1 Å². The molecule has 1 aromatic rings. The fourth-order valence-electron chi connectivity index (χ4n) is 1.09. The van der Waals surface area contributed by atoms with E-state index in [-0.39, 0.29) is 15.9 Å². The Hall–Kier alpha value is -1.41. The van der Waals surface area contributed by atoms with Gasteiger partial charge in [-0.1, -0.05) is 11.8 Å². The van der Waals surface area contributed by atoms with Gasteiger partial charge in [0.15, 0.2) is 0 Å². The summed E-state index contributed by atoms with van der Waals surface area (Å²) in [5.41, 5.74) is 0.269. The van der Waals surface area contributed by atoms with E-state index in [1.807, 2.05) is 0 Å². The highest BCUT2D eigenvalue weighted by Crippen LogP contribution is 2.20. The number of carbonyl (C=O) groups excluding carboxylic acids is 1. The lowest BCUT2D eigenvalue weighted by atomic mass is 10.2. The summed E-state index contributed by atoms with van der Waals surface area (Å²) in [7, 11) is 0. The summed E-state index contributed by atoms with van der Waals surface area (Å²) in [4.78, 5) is 10.5. The van der Waals surface area contributed by atoms with E-state index in [1.165, 1.54) is 6.92 Å². The summed E-state index contributed by atoms with van der Waals surface area (Å²) in [5, 5.41) is 2.57. The number of benzene rings is 1.